The van der Waals surface area contributed by atoms with Crippen molar-refractivity contribution in [2.24, 2.45) is 0 Å². The van der Waals surface area contributed by atoms with E-state index in [0.29, 0.717) is 13.2 Å². The lowest BCUT2D eigenvalue weighted by Gasteiger charge is -2.04. The van der Waals surface area contributed by atoms with Crippen LogP contribution in [-0.2, 0) is 9.47 Å². The Bertz CT molecular complexity index is 131. The first-order valence-electron chi connectivity index (χ1n) is 3.11. The maximum atomic E-state index is 5.42. The van der Waals surface area contributed by atoms with Crippen LogP contribution in [0.3, 0.4) is 0 Å². The molecule has 1 aliphatic rings. The van der Waals surface area contributed by atoms with Gasteiger partial charge in [-0.15, -0.1) is 0 Å². The predicted molar refractivity (Wildman–Crippen MR) is 39.9 cm³/mol. The number of ether oxygens (including phenoxy) is 2. The minimum atomic E-state index is 0.0712. The molecule has 0 atom stereocenters. The molecule has 0 saturated carbocycles. The zero-order valence-corrected chi connectivity index (χ0v) is 6.91. The molecule has 1 aliphatic heterocycles. The first-order chi connectivity index (χ1) is 4.80. The fraction of sp³-hybridized carbons (Fsp3) is 0.667. The summed E-state index contributed by atoms with van der Waals surface area (Å²) in [5, 5.41) is 0. The van der Waals surface area contributed by atoms with Crippen molar-refractivity contribution in [3.05, 3.63) is 10.4 Å². The number of hydrogen-bond donors (Lipinski definition) is 0. The Labute approximate surface area is 69.7 Å². The van der Waals surface area contributed by atoms with Crippen molar-refractivity contribution in [2.75, 3.05) is 13.2 Å². The quantitative estimate of drug-likeness (QED) is 0.574. The molecular formula is C6H8Cl2O2. The van der Waals surface area contributed by atoms with Crippen LogP contribution in [0.4, 0.5) is 0 Å². The average molecular weight is 183 g/mol. The van der Waals surface area contributed by atoms with E-state index in [2.05, 4.69) is 0 Å². The van der Waals surface area contributed by atoms with E-state index in [0.717, 1.165) is 12.8 Å². The lowest BCUT2D eigenvalue weighted by molar-refractivity contribution is 0.0618. The fourth-order valence-electron chi connectivity index (χ4n) is 0.685. The van der Waals surface area contributed by atoms with E-state index in [4.69, 9.17) is 32.7 Å². The Kier molecular flexibility index (Phi) is 3.16. The third kappa shape index (κ3) is 2.27. The van der Waals surface area contributed by atoms with Crippen molar-refractivity contribution in [3.8, 4) is 0 Å². The summed E-state index contributed by atoms with van der Waals surface area (Å²) < 4.78 is 10.2. The molecule has 0 aromatic carbocycles. The molecule has 0 unspecified atom stereocenters. The van der Waals surface area contributed by atoms with Gasteiger partial charge in [0.05, 0.1) is 13.2 Å². The van der Waals surface area contributed by atoms with E-state index < -0.39 is 0 Å². The SMILES string of the molecule is ClC(Cl)=C1OCCCCO1. The second-order valence-corrected chi connectivity index (χ2v) is 2.90. The fourth-order valence-corrected chi connectivity index (χ4v) is 0.903. The van der Waals surface area contributed by atoms with Crippen molar-refractivity contribution >= 4 is 23.2 Å². The largest absolute Gasteiger partial charge is 0.464 e. The molecule has 0 aromatic heterocycles. The summed E-state index contributed by atoms with van der Waals surface area (Å²) >= 11 is 10.8. The van der Waals surface area contributed by atoms with Crippen LogP contribution in [0.15, 0.2) is 10.4 Å². The van der Waals surface area contributed by atoms with E-state index in [1.807, 2.05) is 0 Å². The maximum absolute atomic E-state index is 5.42. The Morgan fingerprint density at radius 3 is 2.00 bits per heavy atom. The lowest BCUT2D eigenvalue weighted by atomic mass is 10.3. The zero-order valence-electron chi connectivity index (χ0n) is 5.40. The maximum Gasteiger partial charge on any atom is 0.310 e. The van der Waals surface area contributed by atoms with Gasteiger partial charge in [0.1, 0.15) is 0 Å². The third-order valence-corrected chi connectivity index (χ3v) is 1.47. The summed E-state index contributed by atoms with van der Waals surface area (Å²) in [5.74, 6) is 0.265. The average Bonchev–Trinajstić information content (AvgIpc) is 2.12. The molecular weight excluding hydrogens is 175 g/mol. The normalized spacial score (nSPS) is 18.8. The van der Waals surface area contributed by atoms with Crippen LogP contribution in [-0.4, -0.2) is 13.2 Å². The van der Waals surface area contributed by atoms with Gasteiger partial charge in [0.2, 0.25) is 0 Å². The first kappa shape index (κ1) is 8.02. The second-order valence-electron chi connectivity index (χ2n) is 1.95. The highest BCUT2D eigenvalue weighted by Gasteiger charge is 2.08. The van der Waals surface area contributed by atoms with E-state index in [1.54, 1.807) is 0 Å². The summed E-state index contributed by atoms with van der Waals surface area (Å²) in [4.78, 5) is 0. The molecule has 4 heteroatoms. The molecule has 1 heterocycles. The summed E-state index contributed by atoms with van der Waals surface area (Å²) in [5.41, 5.74) is 0. The van der Waals surface area contributed by atoms with Crippen LogP contribution in [0.5, 0.6) is 0 Å². The summed E-state index contributed by atoms with van der Waals surface area (Å²) in [6.45, 7) is 1.27. The molecule has 2 nitrogen and oxygen atoms in total. The molecule has 1 rings (SSSR count). The lowest BCUT2D eigenvalue weighted by Crippen LogP contribution is -1.94. The van der Waals surface area contributed by atoms with Gasteiger partial charge in [0.15, 0.2) is 4.49 Å². The van der Waals surface area contributed by atoms with Crippen LogP contribution in [0.2, 0.25) is 0 Å². The number of hydrogen-bond acceptors (Lipinski definition) is 2. The molecule has 0 bridgehead atoms. The van der Waals surface area contributed by atoms with Crippen LogP contribution < -0.4 is 0 Å². The Morgan fingerprint density at radius 2 is 1.60 bits per heavy atom. The highest BCUT2D eigenvalue weighted by Crippen LogP contribution is 2.19. The van der Waals surface area contributed by atoms with Crippen molar-refractivity contribution in [2.45, 2.75) is 12.8 Å². The molecule has 1 fully saturated rings. The van der Waals surface area contributed by atoms with Crippen LogP contribution >= 0.6 is 23.2 Å². The third-order valence-electron chi connectivity index (χ3n) is 1.16. The van der Waals surface area contributed by atoms with Crippen molar-refractivity contribution in [1.29, 1.82) is 0 Å². The molecule has 0 amide bonds. The van der Waals surface area contributed by atoms with Gasteiger partial charge >= 0.3 is 5.95 Å². The van der Waals surface area contributed by atoms with Gasteiger partial charge in [-0.05, 0) is 12.8 Å². The first-order valence-corrected chi connectivity index (χ1v) is 3.87. The van der Waals surface area contributed by atoms with E-state index >= 15 is 0 Å². The van der Waals surface area contributed by atoms with Crippen molar-refractivity contribution in [1.82, 2.24) is 0 Å². The van der Waals surface area contributed by atoms with E-state index in [-0.39, 0.29) is 10.4 Å². The van der Waals surface area contributed by atoms with Crippen LogP contribution in [0.25, 0.3) is 0 Å². The Hall–Kier alpha value is -0.0800. The number of rotatable bonds is 0. The van der Waals surface area contributed by atoms with Crippen molar-refractivity contribution in [3.63, 3.8) is 0 Å². The standard InChI is InChI=1S/C6H8Cl2O2/c7-5(8)6-9-3-1-2-4-10-6/h1-4H2. The molecule has 0 aliphatic carbocycles. The summed E-state index contributed by atoms with van der Waals surface area (Å²) in [6, 6.07) is 0. The van der Waals surface area contributed by atoms with Crippen molar-refractivity contribution < 1.29 is 9.47 Å². The molecule has 58 valence electrons. The Morgan fingerprint density at radius 1 is 1.10 bits per heavy atom. The van der Waals surface area contributed by atoms with E-state index in [1.165, 1.54) is 0 Å². The van der Waals surface area contributed by atoms with Gasteiger partial charge in [-0.1, -0.05) is 23.2 Å². The van der Waals surface area contributed by atoms with E-state index in [9.17, 15) is 0 Å². The molecule has 0 spiro atoms. The molecule has 0 N–H and O–H groups in total. The highest BCUT2D eigenvalue weighted by molar-refractivity contribution is 6.56. The summed E-state index contributed by atoms with van der Waals surface area (Å²) in [7, 11) is 0. The second kappa shape index (κ2) is 3.94. The zero-order chi connectivity index (χ0) is 7.40. The Balaban J connectivity index is 2.51. The van der Waals surface area contributed by atoms with Gasteiger partial charge in [0, 0.05) is 0 Å². The topological polar surface area (TPSA) is 18.5 Å². The van der Waals surface area contributed by atoms with Crippen LogP contribution in [0, 0.1) is 0 Å². The van der Waals surface area contributed by atoms with Crippen LogP contribution in [0.1, 0.15) is 12.8 Å². The smallest absolute Gasteiger partial charge is 0.310 e. The molecule has 0 radical (unpaired) electrons. The minimum absolute atomic E-state index is 0.0712. The van der Waals surface area contributed by atoms with Gasteiger partial charge in [-0.2, -0.15) is 0 Å². The summed E-state index contributed by atoms with van der Waals surface area (Å²) in [6.07, 6.45) is 1.98. The molecule has 10 heavy (non-hydrogen) atoms. The number of halogens is 2. The molecule has 0 aromatic rings. The van der Waals surface area contributed by atoms with Gasteiger partial charge in [-0.25, -0.2) is 0 Å². The van der Waals surface area contributed by atoms with Gasteiger partial charge in [0.25, 0.3) is 0 Å². The molecule has 1 saturated heterocycles. The monoisotopic (exact) mass is 182 g/mol. The predicted octanol–water partition coefficient (Wildman–Crippen LogP) is 2.42. The van der Waals surface area contributed by atoms with Gasteiger partial charge in [-0.3, -0.25) is 0 Å². The highest BCUT2D eigenvalue weighted by atomic mass is 35.5. The minimum Gasteiger partial charge on any atom is -0.464 e. The van der Waals surface area contributed by atoms with Gasteiger partial charge < -0.3 is 9.47 Å².